The van der Waals surface area contributed by atoms with Gasteiger partial charge in [-0.05, 0) is 29.3 Å². The maximum atomic E-state index is 12.3. The van der Waals surface area contributed by atoms with Gasteiger partial charge in [0.1, 0.15) is 13.2 Å². The van der Waals surface area contributed by atoms with Crippen molar-refractivity contribution in [3.05, 3.63) is 52.5 Å². The van der Waals surface area contributed by atoms with Gasteiger partial charge in [-0.3, -0.25) is 9.52 Å². The van der Waals surface area contributed by atoms with Gasteiger partial charge in [-0.25, -0.2) is 8.42 Å². The number of anilines is 1. The van der Waals surface area contributed by atoms with E-state index in [0.717, 1.165) is 6.26 Å². The van der Waals surface area contributed by atoms with Crippen LogP contribution in [0.2, 0.25) is 5.02 Å². The van der Waals surface area contributed by atoms with Crippen LogP contribution in [0.5, 0.6) is 11.5 Å². The molecule has 0 aromatic heterocycles. The third kappa shape index (κ3) is 5.27. The molecule has 3 rings (SSSR count). The van der Waals surface area contributed by atoms with Crippen LogP contribution in [0.25, 0.3) is 0 Å². The Balaban J connectivity index is 1.65. The molecular weight excluding hydrogens is 392 g/mol. The number of carbonyl (C=O) groups excluding carboxylic acids is 1. The fourth-order valence-corrected chi connectivity index (χ4v) is 3.57. The number of rotatable bonds is 6. The molecule has 0 saturated carbocycles. The van der Waals surface area contributed by atoms with E-state index >= 15 is 0 Å². The molecule has 1 aliphatic rings. The lowest BCUT2D eigenvalue weighted by Gasteiger charge is -2.20. The lowest BCUT2D eigenvalue weighted by Crippen LogP contribution is -2.25. The van der Waals surface area contributed by atoms with Crippen LogP contribution < -0.4 is 19.5 Å². The van der Waals surface area contributed by atoms with Crippen LogP contribution in [0.1, 0.15) is 11.1 Å². The van der Waals surface area contributed by atoms with Crippen LogP contribution in [0.15, 0.2) is 36.4 Å². The van der Waals surface area contributed by atoms with Crippen LogP contribution >= 0.6 is 11.6 Å². The van der Waals surface area contributed by atoms with Gasteiger partial charge in [0.2, 0.25) is 15.9 Å². The van der Waals surface area contributed by atoms with Gasteiger partial charge in [-0.1, -0.05) is 29.8 Å². The molecule has 0 bridgehead atoms. The van der Waals surface area contributed by atoms with Crippen molar-refractivity contribution in [2.75, 3.05) is 24.2 Å². The SMILES string of the molecule is CS(=O)(=O)Nc1ccccc1CNC(=O)Cc1cc(Cl)c2c(c1)OCCO2. The van der Waals surface area contributed by atoms with Gasteiger partial charge in [0.15, 0.2) is 11.5 Å². The number of nitrogens with one attached hydrogen (secondary N) is 2. The minimum absolute atomic E-state index is 0.109. The van der Waals surface area contributed by atoms with Gasteiger partial charge in [-0.15, -0.1) is 0 Å². The summed E-state index contributed by atoms with van der Waals surface area (Å²) in [5.41, 5.74) is 1.79. The van der Waals surface area contributed by atoms with Crippen molar-refractivity contribution < 1.29 is 22.7 Å². The summed E-state index contributed by atoms with van der Waals surface area (Å²) in [5.74, 6) is 0.795. The maximum absolute atomic E-state index is 12.3. The van der Waals surface area contributed by atoms with Gasteiger partial charge >= 0.3 is 0 Å². The highest BCUT2D eigenvalue weighted by atomic mass is 35.5. The Labute approximate surface area is 162 Å². The molecule has 2 aromatic carbocycles. The summed E-state index contributed by atoms with van der Waals surface area (Å²) in [6, 6.07) is 10.3. The molecule has 1 heterocycles. The number of sulfonamides is 1. The molecule has 0 radical (unpaired) electrons. The molecule has 0 saturated heterocycles. The van der Waals surface area contributed by atoms with E-state index in [1.54, 1.807) is 36.4 Å². The molecule has 2 N–H and O–H groups in total. The molecule has 0 unspecified atom stereocenters. The minimum Gasteiger partial charge on any atom is -0.486 e. The molecule has 7 nitrogen and oxygen atoms in total. The average molecular weight is 411 g/mol. The molecule has 2 aromatic rings. The third-order valence-electron chi connectivity index (χ3n) is 3.81. The van der Waals surface area contributed by atoms with Crippen molar-refractivity contribution >= 4 is 33.2 Å². The lowest BCUT2D eigenvalue weighted by molar-refractivity contribution is -0.120. The number of para-hydroxylation sites is 1. The number of hydrogen-bond acceptors (Lipinski definition) is 5. The first kappa shape index (κ1) is 19.3. The summed E-state index contributed by atoms with van der Waals surface area (Å²) in [6.45, 7) is 1.06. The van der Waals surface area contributed by atoms with E-state index < -0.39 is 10.0 Å². The molecule has 9 heteroatoms. The van der Waals surface area contributed by atoms with Crippen molar-refractivity contribution in [2.45, 2.75) is 13.0 Å². The van der Waals surface area contributed by atoms with Gasteiger partial charge < -0.3 is 14.8 Å². The second kappa shape index (κ2) is 8.06. The Morgan fingerprint density at radius 2 is 1.93 bits per heavy atom. The fraction of sp³-hybridized carbons (Fsp3) is 0.278. The van der Waals surface area contributed by atoms with Gasteiger partial charge in [0.05, 0.1) is 23.4 Å². The largest absolute Gasteiger partial charge is 0.486 e. The second-order valence-corrected chi connectivity index (χ2v) is 8.24. The zero-order valence-corrected chi connectivity index (χ0v) is 16.2. The van der Waals surface area contributed by atoms with Gasteiger partial charge in [0.25, 0.3) is 0 Å². The standard InChI is InChI=1S/C18H19ClN2O5S/c1-27(23,24)21-15-5-3-2-4-13(15)11-20-17(22)10-12-8-14(19)18-16(9-12)25-6-7-26-18/h2-5,8-9,21H,6-7,10-11H2,1H3,(H,20,22). The summed E-state index contributed by atoms with van der Waals surface area (Å²) in [5, 5.41) is 3.18. The van der Waals surface area contributed by atoms with Gasteiger partial charge in [0, 0.05) is 6.54 Å². The first-order valence-electron chi connectivity index (χ1n) is 8.22. The lowest BCUT2D eigenvalue weighted by atomic mass is 10.1. The Morgan fingerprint density at radius 1 is 1.19 bits per heavy atom. The Morgan fingerprint density at radius 3 is 2.70 bits per heavy atom. The first-order valence-corrected chi connectivity index (χ1v) is 10.5. The van der Waals surface area contributed by atoms with Crippen molar-refractivity contribution in [3.8, 4) is 11.5 Å². The van der Waals surface area contributed by atoms with Crippen molar-refractivity contribution in [1.82, 2.24) is 5.32 Å². The highest BCUT2D eigenvalue weighted by Gasteiger charge is 2.18. The zero-order valence-electron chi connectivity index (χ0n) is 14.6. The zero-order chi connectivity index (χ0) is 19.4. The summed E-state index contributed by atoms with van der Waals surface area (Å²) in [6.07, 6.45) is 1.19. The monoisotopic (exact) mass is 410 g/mol. The normalized spacial score (nSPS) is 13.1. The number of halogens is 1. The van der Waals surface area contributed by atoms with Crippen molar-refractivity contribution in [3.63, 3.8) is 0 Å². The van der Waals surface area contributed by atoms with Gasteiger partial charge in [-0.2, -0.15) is 0 Å². The molecular formula is C18H19ClN2O5S. The van der Waals surface area contributed by atoms with Crippen LogP contribution in [-0.4, -0.2) is 33.8 Å². The smallest absolute Gasteiger partial charge is 0.229 e. The number of carbonyl (C=O) groups is 1. The Kier molecular flexibility index (Phi) is 5.76. The Bertz CT molecular complexity index is 962. The predicted molar refractivity (Wildman–Crippen MR) is 103 cm³/mol. The van der Waals surface area contributed by atoms with E-state index in [9.17, 15) is 13.2 Å². The topological polar surface area (TPSA) is 93.7 Å². The summed E-state index contributed by atoms with van der Waals surface area (Å²) >= 11 is 6.18. The summed E-state index contributed by atoms with van der Waals surface area (Å²) in [7, 11) is -3.40. The molecule has 144 valence electrons. The molecule has 0 atom stereocenters. The highest BCUT2D eigenvalue weighted by molar-refractivity contribution is 7.92. The molecule has 1 amide bonds. The second-order valence-electron chi connectivity index (χ2n) is 6.09. The number of hydrogen-bond donors (Lipinski definition) is 2. The van der Waals surface area contributed by atoms with E-state index in [2.05, 4.69) is 10.0 Å². The summed E-state index contributed by atoms with van der Waals surface area (Å²) in [4.78, 5) is 12.3. The Hall–Kier alpha value is -2.45. The molecule has 0 aliphatic carbocycles. The third-order valence-corrected chi connectivity index (χ3v) is 4.68. The van der Waals surface area contributed by atoms with E-state index in [-0.39, 0.29) is 18.9 Å². The minimum atomic E-state index is -3.40. The molecule has 0 fully saturated rings. The highest BCUT2D eigenvalue weighted by Crippen LogP contribution is 2.38. The van der Waals surface area contributed by atoms with Crippen molar-refractivity contribution in [1.29, 1.82) is 0 Å². The quantitative estimate of drug-likeness (QED) is 0.762. The number of amides is 1. The number of ether oxygens (including phenoxy) is 2. The van der Waals surface area contributed by atoms with E-state index in [1.165, 1.54) is 0 Å². The van der Waals surface area contributed by atoms with Crippen molar-refractivity contribution in [2.24, 2.45) is 0 Å². The first-order chi connectivity index (χ1) is 12.8. The number of benzene rings is 2. The summed E-state index contributed by atoms with van der Waals surface area (Å²) < 4.78 is 36.3. The molecule has 27 heavy (non-hydrogen) atoms. The van der Waals surface area contributed by atoms with E-state index in [4.69, 9.17) is 21.1 Å². The van der Waals surface area contributed by atoms with Crippen LogP contribution in [0, 0.1) is 0 Å². The van der Waals surface area contributed by atoms with E-state index in [0.29, 0.717) is 46.5 Å². The van der Waals surface area contributed by atoms with Crippen LogP contribution in [-0.2, 0) is 27.8 Å². The maximum Gasteiger partial charge on any atom is 0.229 e. The molecule has 0 spiro atoms. The van der Waals surface area contributed by atoms with Crippen LogP contribution in [0.4, 0.5) is 5.69 Å². The fourth-order valence-electron chi connectivity index (χ4n) is 2.68. The number of fused-ring (bicyclic) bond motifs is 1. The van der Waals surface area contributed by atoms with E-state index in [1.807, 2.05) is 0 Å². The molecule has 1 aliphatic heterocycles. The van der Waals surface area contributed by atoms with Crippen LogP contribution in [0.3, 0.4) is 0 Å². The average Bonchev–Trinajstić information content (AvgIpc) is 2.60. The predicted octanol–water partition coefficient (Wildman–Crippen LogP) is 2.34.